The Morgan fingerprint density at radius 2 is 1.96 bits per heavy atom. The number of rotatable bonds is 3. The molecule has 1 N–H and O–H groups in total. The lowest BCUT2D eigenvalue weighted by Crippen LogP contribution is -2.52. The van der Waals surface area contributed by atoms with Crippen LogP contribution in [0.25, 0.3) is 0 Å². The first-order valence-electron chi connectivity index (χ1n) is 11.0. The molecule has 0 amide bonds. The minimum absolute atomic E-state index is 0.00997. The molecule has 3 fully saturated rings. The highest BCUT2D eigenvalue weighted by Gasteiger charge is 2.61. The van der Waals surface area contributed by atoms with Gasteiger partial charge in [-0.15, -0.1) is 0 Å². The summed E-state index contributed by atoms with van der Waals surface area (Å²) >= 11 is 0. The second kappa shape index (κ2) is 6.65. The van der Waals surface area contributed by atoms with E-state index in [1.807, 2.05) is 6.92 Å². The summed E-state index contributed by atoms with van der Waals surface area (Å²) < 4.78 is 5.60. The van der Waals surface area contributed by atoms with Crippen LogP contribution < -0.4 is 0 Å². The zero-order chi connectivity index (χ0) is 18.5. The van der Waals surface area contributed by atoms with Crippen molar-refractivity contribution in [1.82, 2.24) is 0 Å². The second-order valence-corrected chi connectivity index (χ2v) is 9.66. The van der Waals surface area contributed by atoms with Crippen molar-refractivity contribution < 1.29 is 14.6 Å². The largest absolute Gasteiger partial charge is 0.458 e. The van der Waals surface area contributed by atoms with Crippen LogP contribution in [0.5, 0.6) is 0 Å². The lowest BCUT2D eigenvalue weighted by atomic mass is 9.50. The van der Waals surface area contributed by atoms with Gasteiger partial charge in [0.2, 0.25) is 0 Å². The van der Waals surface area contributed by atoms with Gasteiger partial charge >= 0.3 is 5.97 Å². The first kappa shape index (κ1) is 18.5. The van der Waals surface area contributed by atoms with Crippen molar-refractivity contribution in [3.8, 4) is 0 Å². The van der Waals surface area contributed by atoms with E-state index in [2.05, 4.69) is 19.9 Å². The highest BCUT2D eigenvalue weighted by atomic mass is 16.5. The summed E-state index contributed by atoms with van der Waals surface area (Å²) in [5.41, 5.74) is 1.25. The van der Waals surface area contributed by atoms with E-state index in [4.69, 9.17) is 4.74 Å². The van der Waals surface area contributed by atoms with Gasteiger partial charge in [0.15, 0.2) is 0 Å². The maximum atomic E-state index is 11.6. The van der Waals surface area contributed by atoms with Crippen molar-refractivity contribution in [2.24, 2.45) is 29.1 Å². The number of esters is 1. The molecule has 0 aromatic rings. The predicted molar refractivity (Wildman–Crippen MR) is 102 cm³/mol. The van der Waals surface area contributed by atoms with Crippen molar-refractivity contribution in [3.63, 3.8) is 0 Å². The van der Waals surface area contributed by atoms with Gasteiger partial charge in [-0.25, -0.2) is 0 Å². The first-order valence-corrected chi connectivity index (χ1v) is 11.0. The van der Waals surface area contributed by atoms with E-state index < -0.39 is 5.60 Å². The number of aliphatic hydroxyl groups is 1. The maximum absolute atomic E-state index is 11.6. The molecule has 0 aromatic carbocycles. The van der Waals surface area contributed by atoms with Crippen LogP contribution in [0.3, 0.4) is 0 Å². The topological polar surface area (TPSA) is 46.5 Å². The van der Waals surface area contributed by atoms with E-state index >= 15 is 0 Å². The van der Waals surface area contributed by atoms with Gasteiger partial charge in [-0.05, 0) is 93.0 Å². The molecule has 4 aliphatic rings. The van der Waals surface area contributed by atoms with E-state index in [0.29, 0.717) is 18.3 Å². The van der Waals surface area contributed by atoms with Crippen LogP contribution in [0.4, 0.5) is 0 Å². The van der Waals surface area contributed by atoms with Gasteiger partial charge in [0.25, 0.3) is 0 Å². The summed E-state index contributed by atoms with van der Waals surface area (Å²) in [7, 11) is 0. The molecule has 3 saturated carbocycles. The molecular weight excluding hydrogens is 324 g/mol. The Hall–Kier alpha value is -0.830. The number of ether oxygens (including phenoxy) is 1. The molecule has 3 nitrogen and oxygen atoms in total. The van der Waals surface area contributed by atoms with Gasteiger partial charge in [0, 0.05) is 6.42 Å². The SMILES string of the molecule is CCC(=O)OC1C=C2CCC3C(CCC4(C)C3CC[C@@]4(O)CC)C2CC1. The molecular formula is C23H36O3. The van der Waals surface area contributed by atoms with Gasteiger partial charge in [-0.3, -0.25) is 4.79 Å². The van der Waals surface area contributed by atoms with Gasteiger partial charge in [0.05, 0.1) is 5.60 Å². The smallest absolute Gasteiger partial charge is 0.306 e. The maximum Gasteiger partial charge on any atom is 0.306 e. The summed E-state index contributed by atoms with van der Waals surface area (Å²) in [6, 6.07) is 0. The molecule has 146 valence electrons. The molecule has 0 aromatic heterocycles. The number of hydrogen-bond donors (Lipinski definition) is 1. The normalized spacial score (nSPS) is 47.4. The van der Waals surface area contributed by atoms with E-state index in [1.54, 1.807) is 5.57 Å². The Morgan fingerprint density at radius 3 is 2.69 bits per heavy atom. The molecule has 26 heavy (non-hydrogen) atoms. The summed E-state index contributed by atoms with van der Waals surface area (Å²) in [6.45, 7) is 6.42. The molecule has 0 heterocycles. The average Bonchev–Trinajstić information content (AvgIpc) is 2.93. The quantitative estimate of drug-likeness (QED) is 0.568. The van der Waals surface area contributed by atoms with Crippen LogP contribution in [0.2, 0.25) is 0 Å². The molecule has 4 rings (SSSR count). The molecule has 3 heteroatoms. The Labute approximate surface area is 158 Å². The van der Waals surface area contributed by atoms with Crippen molar-refractivity contribution >= 4 is 5.97 Å². The summed E-state index contributed by atoms with van der Waals surface area (Å²) in [5, 5.41) is 11.3. The number of fused-ring (bicyclic) bond motifs is 5. The van der Waals surface area contributed by atoms with Crippen LogP contribution in [-0.4, -0.2) is 22.8 Å². The molecule has 0 radical (unpaired) electrons. The second-order valence-electron chi connectivity index (χ2n) is 9.66. The first-order chi connectivity index (χ1) is 12.4. The summed E-state index contributed by atoms with van der Waals surface area (Å²) in [4.78, 5) is 11.6. The Morgan fingerprint density at radius 1 is 1.15 bits per heavy atom. The Kier molecular flexibility index (Phi) is 4.74. The van der Waals surface area contributed by atoms with Crippen molar-refractivity contribution in [2.45, 2.75) is 96.7 Å². The molecule has 0 aliphatic heterocycles. The standard InChI is InChI=1S/C23H36O3/c1-4-21(24)26-16-7-9-17-15(14-16)6-8-19-18(17)10-12-22(3)20(19)11-13-23(22,25)5-2/h14,16-20,25H,4-13H2,1-3H3/t16?,17?,18?,19?,20?,22?,23-/m0/s1. The van der Waals surface area contributed by atoms with Crippen LogP contribution in [0.1, 0.15) is 85.0 Å². The van der Waals surface area contributed by atoms with Gasteiger partial charge < -0.3 is 9.84 Å². The van der Waals surface area contributed by atoms with E-state index in [-0.39, 0.29) is 17.5 Å². The van der Waals surface area contributed by atoms with Crippen molar-refractivity contribution in [1.29, 1.82) is 0 Å². The van der Waals surface area contributed by atoms with Gasteiger partial charge in [-0.2, -0.15) is 0 Å². The number of carbonyl (C=O) groups is 1. The summed E-state index contributed by atoms with van der Waals surface area (Å²) in [6.07, 6.45) is 12.9. The van der Waals surface area contributed by atoms with Crippen LogP contribution in [0.15, 0.2) is 11.6 Å². The Bertz CT molecular complexity index is 596. The van der Waals surface area contributed by atoms with E-state index in [0.717, 1.165) is 31.1 Å². The summed E-state index contributed by atoms with van der Waals surface area (Å²) in [5.74, 6) is 2.90. The molecule has 7 atom stereocenters. The number of allylic oxidation sites excluding steroid dienone is 1. The molecule has 4 aliphatic carbocycles. The van der Waals surface area contributed by atoms with Crippen molar-refractivity contribution in [3.05, 3.63) is 11.6 Å². The molecule has 6 unspecified atom stereocenters. The van der Waals surface area contributed by atoms with Crippen LogP contribution in [-0.2, 0) is 9.53 Å². The highest BCUT2D eigenvalue weighted by molar-refractivity contribution is 5.69. The van der Waals surface area contributed by atoms with E-state index in [1.165, 1.54) is 38.5 Å². The Balaban J connectivity index is 1.52. The van der Waals surface area contributed by atoms with Crippen molar-refractivity contribution in [2.75, 3.05) is 0 Å². The van der Waals surface area contributed by atoms with Crippen LogP contribution in [0, 0.1) is 29.1 Å². The monoisotopic (exact) mass is 360 g/mol. The fourth-order valence-corrected chi connectivity index (χ4v) is 7.33. The zero-order valence-electron chi connectivity index (χ0n) is 16.8. The third-order valence-electron chi connectivity index (χ3n) is 8.89. The van der Waals surface area contributed by atoms with Gasteiger partial charge in [0.1, 0.15) is 6.10 Å². The fraction of sp³-hybridized carbons (Fsp3) is 0.870. The number of hydrogen-bond acceptors (Lipinski definition) is 3. The fourth-order valence-electron chi connectivity index (χ4n) is 7.33. The highest BCUT2D eigenvalue weighted by Crippen LogP contribution is 2.65. The minimum Gasteiger partial charge on any atom is -0.458 e. The lowest BCUT2D eigenvalue weighted by Gasteiger charge is -2.56. The zero-order valence-corrected chi connectivity index (χ0v) is 16.8. The average molecular weight is 361 g/mol. The minimum atomic E-state index is -0.440. The molecule has 0 spiro atoms. The van der Waals surface area contributed by atoms with Gasteiger partial charge in [-0.1, -0.05) is 26.3 Å². The third-order valence-corrected chi connectivity index (χ3v) is 8.89. The van der Waals surface area contributed by atoms with Crippen LogP contribution >= 0.6 is 0 Å². The third kappa shape index (κ3) is 2.68. The molecule has 0 saturated heterocycles. The number of carbonyl (C=O) groups excluding carboxylic acids is 1. The lowest BCUT2D eigenvalue weighted by molar-refractivity contribution is -0.147. The predicted octanol–water partition coefficient (Wildman–Crippen LogP) is 5.02. The molecule has 0 bridgehead atoms. The van der Waals surface area contributed by atoms with E-state index in [9.17, 15) is 9.90 Å².